The molecule has 0 spiro atoms. The van der Waals surface area contributed by atoms with Gasteiger partial charge in [0, 0.05) is 49.5 Å². The lowest BCUT2D eigenvalue weighted by molar-refractivity contribution is -0.313. The number of aliphatic hydroxyl groups is 4. The van der Waals surface area contributed by atoms with Gasteiger partial charge in [-0.05, 0) is 75.3 Å². The molecule has 4 aliphatic rings. The number of ketones is 2. The van der Waals surface area contributed by atoms with Gasteiger partial charge in [0.1, 0.15) is 43.1 Å². The van der Waals surface area contributed by atoms with Gasteiger partial charge in [0.2, 0.25) is 17.9 Å². The number of esters is 3. The Labute approximate surface area is 407 Å². The van der Waals surface area contributed by atoms with Crippen molar-refractivity contribution in [3.8, 4) is 0 Å². The Morgan fingerprint density at radius 2 is 1.56 bits per heavy atom. The predicted molar refractivity (Wildman–Crippen MR) is 249 cm³/mol. The number of amides is 2. The molecule has 1 aliphatic heterocycles. The van der Waals surface area contributed by atoms with Crippen LogP contribution in [0.5, 0.6) is 0 Å². The summed E-state index contributed by atoms with van der Waals surface area (Å²) in [4.78, 5) is 94.3. The van der Waals surface area contributed by atoms with E-state index in [1.807, 2.05) is 6.92 Å². The number of carbonyl (C=O) groups is 7. The van der Waals surface area contributed by atoms with Crippen molar-refractivity contribution in [2.24, 2.45) is 22.2 Å². The fourth-order valence-electron chi connectivity index (χ4n) is 11.1. The van der Waals surface area contributed by atoms with Crippen molar-refractivity contribution in [2.45, 2.75) is 148 Å². The molecule has 70 heavy (non-hydrogen) atoms. The Kier molecular flexibility index (Phi) is 16.9. The third-order valence-corrected chi connectivity index (χ3v) is 15.1. The van der Waals surface area contributed by atoms with Gasteiger partial charge in [-0.3, -0.25) is 24.0 Å². The molecule has 6 rings (SSSR count). The summed E-state index contributed by atoms with van der Waals surface area (Å²) in [7, 11) is 0. The van der Waals surface area contributed by atoms with Crippen LogP contribution in [0.25, 0.3) is 0 Å². The summed E-state index contributed by atoms with van der Waals surface area (Å²) >= 11 is 0. The van der Waals surface area contributed by atoms with Crippen LogP contribution in [0.2, 0.25) is 0 Å². The largest absolute Gasteiger partial charge is 0.455 e. The molecular weight excluding hydrogens is 909 g/mol. The number of nitrogens with one attached hydrogen (secondary N) is 2. The number of rotatable bonds is 20. The molecule has 2 saturated carbocycles. The summed E-state index contributed by atoms with van der Waals surface area (Å²) in [5.74, 6) is -6.38. The monoisotopic (exact) mass is 976 g/mol. The number of aliphatic hydroxyl groups excluding tert-OH is 3. The molecule has 2 aromatic rings. The first kappa shape index (κ1) is 54.0. The van der Waals surface area contributed by atoms with Crippen molar-refractivity contribution in [2.75, 3.05) is 26.4 Å². The molecule has 2 amide bonds. The second kappa shape index (κ2) is 22.0. The quantitative estimate of drug-likeness (QED) is 0.0482. The summed E-state index contributed by atoms with van der Waals surface area (Å²) in [5.41, 5.74) is -6.00. The summed E-state index contributed by atoms with van der Waals surface area (Å²) in [6.45, 7) is 10.4. The van der Waals surface area contributed by atoms with Gasteiger partial charge in [0.05, 0.1) is 35.9 Å². The molecular formula is C52H68N2O16. The Morgan fingerprint density at radius 3 is 2.17 bits per heavy atom. The van der Waals surface area contributed by atoms with Crippen LogP contribution in [0.1, 0.15) is 115 Å². The van der Waals surface area contributed by atoms with Gasteiger partial charge < -0.3 is 54.7 Å². The second-order valence-corrected chi connectivity index (χ2v) is 20.3. The van der Waals surface area contributed by atoms with Crippen molar-refractivity contribution in [3.05, 3.63) is 82.9 Å². The molecule has 382 valence electrons. The average molecular weight is 977 g/mol. The number of unbranched alkanes of at least 4 members (excludes halogenated alkanes) is 1. The van der Waals surface area contributed by atoms with Crippen molar-refractivity contribution < 1.29 is 77.7 Å². The fourth-order valence-corrected chi connectivity index (χ4v) is 11.1. The van der Waals surface area contributed by atoms with Gasteiger partial charge in [-0.1, -0.05) is 69.3 Å². The van der Waals surface area contributed by atoms with Gasteiger partial charge >= 0.3 is 17.9 Å². The Morgan fingerprint density at radius 1 is 0.900 bits per heavy atom. The summed E-state index contributed by atoms with van der Waals surface area (Å²) < 4.78 is 29.6. The van der Waals surface area contributed by atoms with Gasteiger partial charge in [0.25, 0.3) is 0 Å². The molecule has 1 heterocycles. The maximum Gasteiger partial charge on any atom is 0.350 e. The molecule has 3 aliphatic carbocycles. The zero-order chi connectivity index (χ0) is 51.3. The average Bonchev–Trinajstić information content (AvgIpc) is 3.31. The van der Waals surface area contributed by atoms with Crippen LogP contribution in [-0.2, 0) is 52.5 Å². The standard InChI is InChI=1S/C52H68N2O16/c1-29(55)27-66-23-15-14-20-34(57)21-22-38(59)53-26-39(60)69-43(41(54-31(3)56)32-16-10-8-11-17-32)48(64)68-35-25-52(65)46(70-47(63)33-18-12-9-13-19-33)44-50(6)28-67-37(50)24-36(58)51(44,7)45(62)42(61)40(30(35)2)49(52,4)5/h8-13,16-19,34-37,41-44,46,57-58,61,65H,14-15,20-28H2,1-7H3,(H,53,59)(H,54,56)/t34?,35-,36-,37?,41-,42+,43+,44?,46-,50+,51?,52+/m0/s1. The van der Waals surface area contributed by atoms with E-state index in [9.17, 15) is 49.2 Å². The van der Waals surface area contributed by atoms with Gasteiger partial charge in [0.15, 0.2) is 11.6 Å². The highest BCUT2D eigenvalue weighted by Gasteiger charge is 2.75. The predicted octanol–water partition coefficient (Wildman–Crippen LogP) is 3.16. The van der Waals surface area contributed by atoms with Crippen LogP contribution in [0.4, 0.5) is 0 Å². The molecule has 2 aromatic carbocycles. The van der Waals surface area contributed by atoms with Gasteiger partial charge in [-0.15, -0.1) is 0 Å². The molecule has 3 fully saturated rings. The smallest absolute Gasteiger partial charge is 0.350 e. The Hall–Kier alpha value is -5.37. The van der Waals surface area contributed by atoms with Crippen LogP contribution < -0.4 is 10.6 Å². The van der Waals surface area contributed by atoms with E-state index in [2.05, 4.69) is 10.6 Å². The van der Waals surface area contributed by atoms with Crippen molar-refractivity contribution in [1.82, 2.24) is 10.6 Å². The molecule has 0 aromatic heterocycles. The van der Waals surface area contributed by atoms with E-state index in [-0.39, 0.29) is 55.0 Å². The van der Waals surface area contributed by atoms with E-state index in [1.165, 1.54) is 39.8 Å². The number of fused-ring (bicyclic) bond motifs is 5. The number of ether oxygens (including phenoxy) is 5. The third kappa shape index (κ3) is 10.9. The van der Waals surface area contributed by atoms with Gasteiger partial charge in [-0.25, -0.2) is 9.59 Å². The molecule has 18 heteroatoms. The van der Waals surface area contributed by atoms with Crippen LogP contribution in [0.3, 0.4) is 0 Å². The molecule has 4 unspecified atom stereocenters. The van der Waals surface area contributed by atoms with Crippen LogP contribution >= 0.6 is 0 Å². The molecule has 12 atom stereocenters. The summed E-state index contributed by atoms with van der Waals surface area (Å²) in [6.07, 6.45) is -8.70. The molecule has 2 bridgehead atoms. The third-order valence-electron chi connectivity index (χ3n) is 15.1. The summed E-state index contributed by atoms with van der Waals surface area (Å²) in [6, 6.07) is 14.8. The molecule has 18 nitrogen and oxygen atoms in total. The molecule has 1 saturated heterocycles. The Bertz CT molecular complexity index is 2300. The maximum absolute atomic E-state index is 15.0. The number of carbonyl (C=O) groups excluding carboxylic acids is 7. The lowest BCUT2D eigenvalue weighted by Crippen LogP contribution is -2.77. The highest BCUT2D eigenvalue weighted by Crippen LogP contribution is 2.65. The van der Waals surface area contributed by atoms with E-state index in [0.29, 0.717) is 31.4 Å². The fraction of sp³-hybridized carbons (Fsp3) is 0.596. The lowest BCUT2D eigenvalue weighted by Gasteiger charge is -2.68. The van der Waals surface area contributed by atoms with Crippen LogP contribution in [0.15, 0.2) is 71.8 Å². The van der Waals surface area contributed by atoms with E-state index < -0.39 is 125 Å². The normalized spacial score (nSPS) is 30.1. The molecule has 0 radical (unpaired) electrons. The second-order valence-electron chi connectivity index (χ2n) is 20.3. The minimum atomic E-state index is -2.25. The topological polar surface area (TPSA) is 271 Å². The van der Waals surface area contributed by atoms with Gasteiger partial charge in [-0.2, -0.15) is 0 Å². The highest BCUT2D eigenvalue weighted by atomic mass is 16.6. The minimum absolute atomic E-state index is 0.0163. The van der Waals surface area contributed by atoms with E-state index in [0.717, 1.165) is 0 Å². The first-order chi connectivity index (χ1) is 33.0. The van der Waals surface area contributed by atoms with E-state index in [1.54, 1.807) is 62.4 Å². The maximum atomic E-state index is 15.0. The number of Topliss-reactive ketones (excluding diaryl/α,β-unsaturated/α-hetero) is 2. The minimum Gasteiger partial charge on any atom is -0.455 e. The summed E-state index contributed by atoms with van der Waals surface area (Å²) in [5, 5.41) is 53.3. The number of benzene rings is 2. The first-order valence-corrected chi connectivity index (χ1v) is 23.9. The van der Waals surface area contributed by atoms with E-state index >= 15 is 4.79 Å². The number of hydrogen-bond acceptors (Lipinski definition) is 16. The van der Waals surface area contributed by atoms with Crippen LogP contribution in [0, 0.1) is 22.2 Å². The number of hydrogen-bond donors (Lipinski definition) is 6. The zero-order valence-corrected chi connectivity index (χ0v) is 40.9. The zero-order valence-electron chi connectivity index (χ0n) is 40.9. The highest BCUT2D eigenvalue weighted by molar-refractivity contribution is 5.94. The lowest BCUT2D eigenvalue weighted by atomic mass is 9.42. The van der Waals surface area contributed by atoms with Crippen LogP contribution in [-0.4, -0.2) is 136 Å². The molecule has 6 N–H and O–H groups in total. The Balaban J connectivity index is 1.31. The van der Waals surface area contributed by atoms with Crippen molar-refractivity contribution in [1.29, 1.82) is 0 Å². The van der Waals surface area contributed by atoms with E-state index in [4.69, 9.17) is 23.7 Å². The first-order valence-electron chi connectivity index (χ1n) is 23.9. The SMILES string of the molecule is CC(=O)COCCCCC(O)CCC(=O)NCC(=O)O[C@@H](C(=O)O[C@H]1C[C@@]2(O)[C@@H](OC(=O)c3ccccc3)C3C(C)(C(=O)[C@H](O)C(=C1C)C2(C)C)[C@@H](O)CC1OC[C@]13C)[C@@H](NC(C)=O)c1ccccc1. The van der Waals surface area contributed by atoms with Crippen molar-refractivity contribution in [3.63, 3.8) is 0 Å². The van der Waals surface area contributed by atoms with Crippen molar-refractivity contribution >= 4 is 41.3 Å².